The van der Waals surface area contributed by atoms with Gasteiger partial charge in [0, 0.05) is 0 Å². The zero-order valence-corrected chi connectivity index (χ0v) is 7.38. The first-order valence-electron chi connectivity index (χ1n) is 3.78. The highest BCUT2D eigenvalue weighted by molar-refractivity contribution is 5.98. The molecule has 0 aliphatic heterocycles. The lowest BCUT2D eigenvalue weighted by atomic mass is 10.3. The molecule has 0 aliphatic carbocycles. The number of carbonyl (C=O) groups is 2. The van der Waals surface area contributed by atoms with Gasteiger partial charge in [0.1, 0.15) is 0 Å². The predicted octanol–water partition coefficient (Wildman–Crippen LogP) is -2.17. The largest absolute Gasteiger partial charge is 0.480 e. The van der Waals surface area contributed by atoms with Crippen molar-refractivity contribution in [3.05, 3.63) is 5.69 Å². The van der Waals surface area contributed by atoms with Gasteiger partial charge in [-0.1, -0.05) is 0 Å². The molecule has 1 rings (SSSR count). The highest BCUT2D eigenvalue weighted by Gasteiger charge is 2.23. The Morgan fingerprint density at radius 1 is 1.53 bits per heavy atom. The van der Waals surface area contributed by atoms with Crippen LogP contribution in [0, 0.1) is 0 Å². The van der Waals surface area contributed by atoms with Crippen LogP contribution in [0.5, 0.6) is 0 Å². The van der Waals surface area contributed by atoms with E-state index in [-0.39, 0.29) is 11.5 Å². The second kappa shape index (κ2) is 4.37. The van der Waals surface area contributed by atoms with Crippen LogP contribution in [0.3, 0.4) is 0 Å². The molecule has 5 N–H and O–H groups in total. The Kier molecular flexibility index (Phi) is 3.18. The van der Waals surface area contributed by atoms with E-state index in [1.54, 1.807) is 0 Å². The lowest BCUT2D eigenvalue weighted by molar-refractivity contribution is -0.140. The van der Waals surface area contributed by atoms with Crippen molar-refractivity contribution in [3.8, 4) is 0 Å². The first-order valence-corrected chi connectivity index (χ1v) is 3.78. The summed E-state index contributed by atoms with van der Waals surface area (Å²) in [5.41, 5.74) is 4.87. The molecule has 0 bridgehead atoms. The summed E-state index contributed by atoms with van der Waals surface area (Å²) in [6.45, 7) is -0.744. The van der Waals surface area contributed by atoms with Gasteiger partial charge in [-0.15, -0.1) is 0 Å². The van der Waals surface area contributed by atoms with Gasteiger partial charge in [-0.3, -0.25) is 4.79 Å². The van der Waals surface area contributed by atoms with Crippen LogP contribution < -0.4 is 11.1 Å². The third-order valence-electron chi connectivity index (χ3n) is 1.51. The van der Waals surface area contributed by atoms with E-state index in [9.17, 15) is 9.59 Å². The SMILES string of the molecule is Nc1nonc1C(=O)NC(CO)C(=O)O. The van der Waals surface area contributed by atoms with Crippen LogP contribution in [-0.2, 0) is 4.79 Å². The number of carbonyl (C=O) groups excluding carboxylic acids is 1. The summed E-state index contributed by atoms with van der Waals surface area (Å²) in [5.74, 6) is -2.51. The van der Waals surface area contributed by atoms with E-state index in [4.69, 9.17) is 15.9 Å². The molecule has 1 amide bonds. The number of nitrogen functional groups attached to an aromatic ring is 1. The molecule has 1 aromatic rings. The lowest BCUT2D eigenvalue weighted by Gasteiger charge is -2.09. The van der Waals surface area contributed by atoms with Gasteiger partial charge in [-0.2, -0.15) is 0 Å². The van der Waals surface area contributed by atoms with E-state index in [0.717, 1.165) is 0 Å². The van der Waals surface area contributed by atoms with Crippen molar-refractivity contribution in [1.29, 1.82) is 0 Å². The van der Waals surface area contributed by atoms with Gasteiger partial charge >= 0.3 is 5.97 Å². The maximum atomic E-state index is 11.3. The summed E-state index contributed by atoms with van der Waals surface area (Å²) >= 11 is 0. The molecule has 9 nitrogen and oxygen atoms in total. The number of amides is 1. The standard InChI is InChI=1S/C6H8N4O5/c7-4-3(9-15-10-4)5(12)8-2(1-11)6(13)14/h2,11H,1H2,(H2,7,10)(H,8,12)(H,13,14). The Morgan fingerprint density at radius 3 is 2.60 bits per heavy atom. The van der Waals surface area contributed by atoms with Crippen LogP contribution in [0.1, 0.15) is 10.5 Å². The number of hydrogen-bond acceptors (Lipinski definition) is 7. The van der Waals surface area contributed by atoms with Crippen LogP contribution in [0.15, 0.2) is 4.63 Å². The fourth-order valence-electron chi connectivity index (χ4n) is 0.765. The summed E-state index contributed by atoms with van der Waals surface area (Å²) in [7, 11) is 0. The molecule has 1 aromatic heterocycles. The number of nitrogens with zero attached hydrogens (tertiary/aromatic N) is 2. The van der Waals surface area contributed by atoms with Gasteiger partial charge in [0.2, 0.25) is 11.5 Å². The van der Waals surface area contributed by atoms with Crippen LogP contribution >= 0.6 is 0 Å². The van der Waals surface area contributed by atoms with Crippen LogP contribution in [0.2, 0.25) is 0 Å². The molecule has 1 unspecified atom stereocenters. The average Bonchev–Trinajstić information content (AvgIpc) is 2.60. The molecule has 1 atom stereocenters. The molecule has 0 aliphatic rings. The molecule has 0 aromatic carbocycles. The molecule has 9 heteroatoms. The summed E-state index contributed by atoms with van der Waals surface area (Å²) in [6, 6.07) is -1.42. The van der Waals surface area contributed by atoms with E-state index >= 15 is 0 Å². The summed E-state index contributed by atoms with van der Waals surface area (Å²) in [4.78, 5) is 21.7. The predicted molar refractivity (Wildman–Crippen MR) is 44.7 cm³/mol. The number of aliphatic hydroxyl groups excluding tert-OH is 1. The van der Waals surface area contributed by atoms with Gasteiger partial charge in [0.05, 0.1) is 6.61 Å². The molecular weight excluding hydrogens is 208 g/mol. The monoisotopic (exact) mass is 216 g/mol. The minimum Gasteiger partial charge on any atom is -0.480 e. The Labute approximate surface area is 82.8 Å². The fourth-order valence-corrected chi connectivity index (χ4v) is 0.765. The van der Waals surface area contributed by atoms with Crippen LogP contribution in [0.4, 0.5) is 5.82 Å². The maximum absolute atomic E-state index is 11.3. The lowest BCUT2D eigenvalue weighted by Crippen LogP contribution is -2.43. The van der Waals surface area contributed by atoms with Gasteiger partial charge in [-0.05, 0) is 10.3 Å². The minimum atomic E-state index is -1.42. The molecule has 82 valence electrons. The molecule has 0 radical (unpaired) electrons. The summed E-state index contributed by atoms with van der Waals surface area (Å²) in [6.07, 6.45) is 0. The molecular formula is C6H8N4O5. The van der Waals surface area contributed by atoms with Crippen LogP contribution in [0.25, 0.3) is 0 Å². The summed E-state index contributed by atoms with van der Waals surface area (Å²) < 4.78 is 4.15. The quantitative estimate of drug-likeness (QED) is 0.443. The number of anilines is 1. The number of nitrogens with one attached hydrogen (secondary N) is 1. The smallest absolute Gasteiger partial charge is 0.328 e. The first kappa shape index (κ1) is 10.9. The number of aliphatic hydroxyl groups is 1. The molecule has 0 saturated carbocycles. The van der Waals surface area contributed by atoms with Crippen LogP contribution in [-0.4, -0.2) is 45.1 Å². The Morgan fingerprint density at radius 2 is 2.20 bits per heavy atom. The van der Waals surface area contributed by atoms with Crippen molar-refractivity contribution in [2.24, 2.45) is 0 Å². The third kappa shape index (κ3) is 2.40. The number of carboxylic acid groups (broad SMARTS) is 1. The molecule has 15 heavy (non-hydrogen) atoms. The van der Waals surface area contributed by atoms with Gasteiger partial charge in [0.25, 0.3) is 5.91 Å². The summed E-state index contributed by atoms with van der Waals surface area (Å²) in [5, 5.41) is 25.4. The van der Waals surface area contributed by atoms with Gasteiger partial charge in [0.15, 0.2) is 6.04 Å². The Bertz CT molecular complexity index is 375. The van der Waals surface area contributed by atoms with E-state index in [2.05, 4.69) is 14.9 Å². The third-order valence-corrected chi connectivity index (χ3v) is 1.51. The van der Waals surface area contributed by atoms with Crippen molar-refractivity contribution in [3.63, 3.8) is 0 Å². The zero-order chi connectivity index (χ0) is 11.4. The molecule has 0 fully saturated rings. The second-order valence-electron chi connectivity index (χ2n) is 2.54. The van der Waals surface area contributed by atoms with Crippen molar-refractivity contribution < 1.29 is 24.4 Å². The van der Waals surface area contributed by atoms with Gasteiger partial charge in [-0.25, -0.2) is 9.42 Å². The van der Waals surface area contributed by atoms with Crippen molar-refractivity contribution in [1.82, 2.24) is 15.6 Å². The number of aromatic nitrogens is 2. The van der Waals surface area contributed by atoms with E-state index < -0.39 is 24.5 Å². The van der Waals surface area contributed by atoms with E-state index in [0.29, 0.717) is 0 Å². The van der Waals surface area contributed by atoms with Crippen molar-refractivity contribution >= 4 is 17.7 Å². The fraction of sp³-hybridized carbons (Fsp3) is 0.333. The highest BCUT2D eigenvalue weighted by Crippen LogP contribution is 2.03. The van der Waals surface area contributed by atoms with Crippen molar-refractivity contribution in [2.75, 3.05) is 12.3 Å². The van der Waals surface area contributed by atoms with Gasteiger partial charge < -0.3 is 21.3 Å². The Hall–Kier alpha value is -2.16. The molecule has 0 saturated heterocycles. The second-order valence-corrected chi connectivity index (χ2v) is 2.54. The normalized spacial score (nSPS) is 12.1. The number of carboxylic acids is 1. The highest BCUT2D eigenvalue weighted by atomic mass is 16.6. The van der Waals surface area contributed by atoms with E-state index in [1.807, 2.05) is 5.32 Å². The zero-order valence-electron chi connectivity index (χ0n) is 7.38. The minimum absolute atomic E-state index is 0.255. The van der Waals surface area contributed by atoms with Crippen molar-refractivity contribution in [2.45, 2.75) is 6.04 Å². The number of hydrogen-bond donors (Lipinski definition) is 4. The Balaban J connectivity index is 2.71. The van der Waals surface area contributed by atoms with E-state index in [1.165, 1.54) is 0 Å². The number of nitrogens with two attached hydrogens (primary N) is 1. The number of aliphatic carboxylic acids is 1. The first-order chi connectivity index (χ1) is 7.06. The topological polar surface area (TPSA) is 152 Å². The molecule has 0 spiro atoms. The number of rotatable bonds is 4. The molecule has 1 heterocycles. The average molecular weight is 216 g/mol. The maximum Gasteiger partial charge on any atom is 0.328 e.